The van der Waals surface area contributed by atoms with E-state index in [4.69, 9.17) is 0 Å². The Hall–Kier alpha value is -3.22. The lowest BCUT2D eigenvalue weighted by Gasteiger charge is -2.30. The summed E-state index contributed by atoms with van der Waals surface area (Å²) < 4.78 is 0. The fourth-order valence-corrected chi connectivity index (χ4v) is 4.29. The van der Waals surface area contributed by atoms with Gasteiger partial charge in [0.1, 0.15) is 0 Å². The van der Waals surface area contributed by atoms with Crippen molar-refractivity contribution in [3.05, 3.63) is 47.5 Å². The first-order valence-corrected chi connectivity index (χ1v) is 13.0. The second-order valence-corrected chi connectivity index (χ2v) is 11.2. The minimum Gasteiger partial charge on any atom is -0.346 e. The fraction of sp³-hybridized carbons (Fsp3) is 0.533. The summed E-state index contributed by atoms with van der Waals surface area (Å²) >= 11 is 0. The van der Waals surface area contributed by atoms with Gasteiger partial charge in [-0.1, -0.05) is 71.0 Å². The summed E-state index contributed by atoms with van der Waals surface area (Å²) in [6.45, 7) is 11.4. The molecule has 0 spiro atoms. The van der Waals surface area contributed by atoms with Crippen LogP contribution in [0.15, 0.2) is 47.0 Å². The van der Waals surface area contributed by atoms with E-state index in [1.807, 2.05) is 46.8 Å². The third-order valence-corrected chi connectivity index (χ3v) is 6.88. The molecule has 7 heteroatoms. The number of ketones is 4. The highest BCUT2D eigenvalue weighted by Crippen LogP contribution is 2.30. The summed E-state index contributed by atoms with van der Waals surface area (Å²) in [6.07, 6.45) is 4.06. The normalized spacial score (nSPS) is 15.6. The van der Waals surface area contributed by atoms with E-state index in [0.29, 0.717) is 18.5 Å². The van der Waals surface area contributed by atoms with Crippen molar-refractivity contribution in [2.75, 3.05) is 6.54 Å². The highest BCUT2D eigenvalue weighted by Gasteiger charge is 2.36. The van der Waals surface area contributed by atoms with Gasteiger partial charge in [0.25, 0.3) is 0 Å². The molecule has 1 heterocycles. The number of nitrogens with zero attached hydrogens (tertiary/aromatic N) is 1. The largest absolute Gasteiger partial charge is 0.346 e. The molecule has 0 saturated carbocycles. The number of hydrogen-bond acceptors (Lipinski definition) is 6. The number of amides is 1. The average Bonchev–Trinajstić information content (AvgIpc) is 3.36. The van der Waals surface area contributed by atoms with E-state index in [0.717, 1.165) is 5.57 Å². The van der Waals surface area contributed by atoms with Crippen LogP contribution in [0.4, 0.5) is 0 Å². The highest BCUT2D eigenvalue weighted by molar-refractivity contribution is 6.38. The minimum absolute atomic E-state index is 0.0169. The third-order valence-electron chi connectivity index (χ3n) is 6.88. The van der Waals surface area contributed by atoms with Crippen molar-refractivity contribution < 1.29 is 24.0 Å². The standard InChI is InChI=1S/C30H40N2O5/c1-19(2)23(28(36)25(33)13-12-21-14-15-31-18-21)16-26(34)20(3)32-29(37)24(30(4,5)6)17-27(35)22-10-8-7-9-11-22/h7-11,14,18-20,23-24H,12-13,15-17H2,1-6H3,(H,32,37)/t20-,23-,24+/m0/s1. The molecule has 1 aliphatic heterocycles. The maximum Gasteiger partial charge on any atom is 0.224 e. The fourth-order valence-electron chi connectivity index (χ4n) is 4.29. The molecule has 0 aromatic heterocycles. The Labute approximate surface area is 220 Å². The lowest BCUT2D eigenvalue weighted by molar-refractivity contribution is -0.141. The van der Waals surface area contributed by atoms with Crippen LogP contribution < -0.4 is 5.32 Å². The number of rotatable bonds is 14. The van der Waals surface area contributed by atoms with Crippen molar-refractivity contribution in [3.8, 4) is 0 Å². The second kappa shape index (κ2) is 13.4. The lowest BCUT2D eigenvalue weighted by atomic mass is 9.76. The van der Waals surface area contributed by atoms with Crippen LogP contribution in [0.5, 0.6) is 0 Å². The molecule has 3 atom stereocenters. The quantitative estimate of drug-likeness (QED) is 0.292. The smallest absolute Gasteiger partial charge is 0.224 e. The Morgan fingerprint density at radius 2 is 1.62 bits per heavy atom. The number of hydrogen-bond donors (Lipinski definition) is 1. The molecule has 1 amide bonds. The molecule has 1 N–H and O–H groups in total. The Morgan fingerprint density at radius 1 is 0.973 bits per heavy atom. The van der Waals surface area contributed by atoms with Gasteiger partial charge in [0, 0.05) is 37.0 Å². The van der Waals surface area contributed by atoms with Gasteiger partial charge in [-0.15, -0.1) is 0 Å². The van der Waals surface area contributed by atoms with Gasteiger partial charge in [-0.3, -0.25) is 29.0 Å². The third kappa shape index (κ3) is 8.99. The summed E-state index contributed by atoms with van der Waals surface area (Å²) in [4.78, 5) is 68.5. The average molecular weight is 509 g/mol. The molecule has 0 fully saturated rings. The van der Waals surface area contributed by atoms with Crippen LogP contribution in [0.25, 0.3) is 0 Å². The topological polar surface area (TPSA) is 110 Å². The van der Waals surface area contributed by atoms with Gasteiger partial charge in [0.15, 0.2) is 17.3 Å². The van der Waals surface area contributed by atoms with Crippen molar-refractivity contribution in [2.45, 2.75) is 73.3 Å². The molecule has 0 aliphatic carbocycles. The van der Waals surface area contributed by atoms with Crippen LogP contribution in [-0.4, -0.2) is 47.8 Å². The van der Waals surface area contributed by atoms with E-state index in [1.54, 1.807) is 37.4 Å². The van der Waals surface area contributed by atoms with E-state index in [9.17, 15) is 24.0 Å². The van der Waals surface area contributed by atoms with Crippen LogP contribution in [0.2, 0.25) is 0 Å². The zero-order valence-corrected chi connectivity index (χ0v) is 22.9. The number of benzene rings is 1. The summed E-state index contributed by atoms with van der Waals surface area (Å²) in [6, 6.07) is 7.95. The molecule has 0 bridgehead atoms. The number of allylic oxidation sites excluding steroid dienone is 1. The summed E-state index contributed by atoms with van der Waals surface area (Å²) in [5, 5.41) is 2.76. The first-order valence-electron chi connectivity index (χ1n) is 13.0. The molecule has 0 saturated heterocycles. The SMILES string of the molecule is CC(C)[C@H](CC(=O)[C@H](C)NC(=O)[C@@H](CC(=O)c1ccccc1)C(C)(C)C)C(=O)C(=O)CCC1=CCN=C1. The van der Waals surface area contributed by atoms with E-state index in [1.165, 1.54) is 0 Å². The Kier molecular flexibility index (Phi) is 10.8. The minimum atomic E-state index is -0.854. The maximum atomic E-state index is 13.2. The van der Waals surface area contributed by atoms with Crippen molar-refractivity contribution in [1.82, 2.24) is 5.32 Å². The first-order chi connectivity index (χ1) is 17.3. The number of carbonyl (C=O) groups is 5. The van der Waals surface area contributed by atoms with Crippen molar-refractivity contribution in [3.63, 3.8) is 0 Å². The molecule has 1 aliphatic rings. The van der Waals surface area contributed by atoms with Gasteiger partial charge < -0.3 is 5.32 Å². The first kappa shape index (κ1) is 30.0. The van der Waals surface area contributed by atoms with Gasteiger partial charge in [-0.05, 0) is 30.3 Å². The van der Waals surface area contributed by atoms with E-state index in [2.05, 4.69) is 10.3 Å². The molecule has 1 aromatic rings. The van der Waals surface area contributed by atoms with Gasteiger partial charge in [-0.25, -0.2) is 0 Å². The van der Waals surface area contributed by atoms with E-state index in [-0.39, 0.29) is 42.7 Å². The lowest BCUT2D eigenvalue weighted by Crippen LogP contribution is -2.46. The van der Waals surface area contributed by atoms with Crippen LogP contribution in [0.3, 0.4) is 0 Å². The number of carbonyl (C=O) groups excluding carboxylic acids is 5. The summed E-state index contributed by atoms with van der Waals surface area (Å²) in [7, 11) is 0. The molecule has 2 rings (SSSR count). The highest BCUT2D eigenvalue weighted by atomic mass is 16.2. The predicted octanol–water partition coefficient (Wildman–Crippen LogP) is 4.59. The Balaban J connectivity index is 2.01. The van der Waals surface area contributed by atoms with Gasteiger partial charge in [0.05, 0.1) is 18.5 Å². The molecular weight excluding hydrogens is 468 g/mol. The summed E-state index contributed by atoms with van der Waals surface area (Å²) in [5.74, 6) is -3.47. The molecule has 0 radical (unpaired) electrons. The van der Waals surface area contributed by atoms with E-state index < -0.39 is 34.9 Å². The molecule has 7 nitrogen and oxygen atoms in total. The predicted molar refractivity (Wildman–Crippen MR) is 145 cm³/mol. The molecule has 200 valence electrons. The van der Waals surface area contributed by atoms with Crippen LogP contribution in [0, 0.1) is 23.2 Å². The second-order valence-electron chi connectivity index (χ2n) is 11.2. The monoisotopic (exact) mass is 508 g/mol. The Bertz CT molecular complexity index is 1060. The van der Waals surface area contributed by atoms with Crippen molar-refractivity contribution in [2.24, 2.45) is 28.2 Å². The van der Waals surface area contributed by atoms with Gasteiger partial charge in [0.2, 0.25) is 11.7 Å². The van der Waals surface area contributed by atoms with Gasteiger partial charge >= 0.3 is 0 Å². The summed E-state index contributed by atoms with van der Waals surface area (Å²) in [5.41, 5.74) is 0.960. The Morgan fingerprint density at radius 3 is 2.16 bits per heavy atom. The zero-order valence-electron chi connectivity index (χ0n) is 22.9. The zero-order chi connectivity index (χ0) is 27.8. The van der Waals surface area contributed by atoms with Crippen LogP contribution >= 0.6 is 0 Å². The molecule has 0 unspecified atom stereocenters. The molecular formula is C30H40N2O5. The number of Topliss-reactive ketones (excluding diaryl/α,β-unsaturated/α-hetero) is 4. The number of aliphatic imine (C=N–C) groups is 1. The van der Waals surface area contributed by atoms with E-state index >= 15 is 0 Å². The van der Waals surface area contributed by atoms with Crippen LogP contribution in [0.1, 0.15) is 77.6 Å². The van der Waals surface area contributed by atoms with Crippen molar-refractivity contribution >= 4 is 35.3 Å². The molecule has 1 aromatic carbocycles. The molecule has 37 heavy (non-hydrogen) atoms. The van der Waals surface area contributed by atoms with Gasteiger partial charge in [-0.2, -0.15) is 0 Å². The van der Waals surface area contributed by atoms with Crippen molar-refractivity contribution in [1.29, 1.82) is 0 Å². The maximum absolute atomic E-state index is 13.2. The van der Waals surface area contributed by atoms with Crippen LogP contribution in [-0.2, 0) is 19.2 Å². The number of nitrogens with one attached hydrogen (secondary N) is 1.